The van der Waals surface area contributed by atoms with Gasteiger partial charge >= 0.3 is 0 Å². The van der Waals surface area contributed by atoms with E-state index in [2.05, 4.69) is 27.7 Å². The van der Waals surface area contributed by atoms with Crippen LogP contribution >= 0.6 is 0 Å². The normalized spacial score (nSPS) is 43.2. The monoisotopic (exact) mass is 184 g/mol. The van der Waals surface area contributed by atoms with Crippen LogP contribution in [0, 0.1) is 23.7 Å². The molecule has 0 aromatic heterocycles. The lowest BCUT2D eigenvalue weighted by atomic mass is 9.68. The lowest BCUT2D eigenvalue weighted by Gasteiger charge is -2.39. The van der Waals surface area contributed by atoms with E-state index in [-0.39, 0.29) is 6.10 Å². The number of hydrogen-bond acceptors (Lipinski definition) is 1. The summed E-state index contributed by atoms with van der Waals surface area (Å²) in [5.41, 5.74) is 0. The van der Waals surface area contributed by atoms with Crippen molar-refractivity contribution in [3.8, 4) is 0 Å². The topological polar surface area (TPSA) is 20.2 Å². The lowest BCUT2D eigenvalue weighted by Crippen LogP contribution is -2.35. The predicted octanol–water partition coefficient (Wildman–Crippen LogP) is 3.08. The number of aliphatic hydroxyl groups excluding tert-OH is 1. The van der Waals surface area contributed by atoms with Gasteiger partial charge in [-0.15, -0.1) is 0 Å². The fraction of sp³-hybridized carbons (Fsp3) is 1.00. The first-order chi connectivity index (χ1) is 6.06. The summed E-state index contributed by atoms with van der Waals surface area (Å²) in [7, 11) is 0. The van der Waals surface area contributed by atoms with Gasteiger partial charge in [0.25, 0.3) is 0 Å². The fourth-order valence-corrected chi connectivity index (χ4v) is 2.70. The van der Waals surface area contributed by atoms with Crippen LogP contribution < -0.4 is 0 Å². The molecule has 1 fully saturated rings. The molecule has 78 valence electrons. The minimum atomic E-state index is -0.0460. The zero-order valence-corrected chi connectivity index (χ0v) is 9.46. The maximum atomic E-state index is 9.72. The molecule has 1 nitrogen and oxygen atoms in total. The molecule has 1 N–H and O–H groups in total. The molecule has 0 heterocycles. The van der Waals surface area contributed by atoms with Crippen LogP contribution in [-0.4, -0.2) is 11.2 Å². The van der Waals surface area contributed by atoms with Gasteiger partial charge < -0.3 is 5.11 Å². The third kappa shape index (κ3) is 2.46. The van der Waals surface area contributed by atoms with E-state index in [4.69, 9.17) is 0 Å². The molecular weight excluding hydrogens is 160 g/mol. The van der Waals surface area contributed by atoms with Crippen molar-refractivity contribution in [2.45, 2.75) is 53.1 Å². The van der Waals surface area contributed by atoms with Crippen molar-refractivity contribution < 1.29 is 5.11 Å². The molecule has 0 bridgehead atoms. The van der Waals surface area contributed by atoms with E-state index in [0.717, 1.165) is 18.3 Å². The SMILES string of the molecule is CCC(C)C1CC(C)C(O)CC1C. The maximum Gasteiger partial charge on any atom is 0.0568 e. The Kier molecular flexibility index (Phi) is 3.78. The Morgan fingerprint density at radius 2 is 1.85 bits per heavy atom. The number of hydrogen-bond donors (Lipinski definition) is 1. The zero-order chi connectivity index (χ0) is 10.0. The molecular formula is C12H24O. The van der Waals surface area contributed by atoms with Gasteiger partial charge in [0.1, 0.15) is 0 Å². The van der Waals surface area contributed by atoms with Crippen molar-refractivity contribution >= 4 is 0 Å². The summed E-state index contributed by atoms with van der Waals surface area (Å²) in [6, 6.07) is 0. The van der Waals surface area contributed by atoms with E-state index in [1.807, 2.05) is 0 Å². The van der Waals surface area contributed by atoms with Crippen molar-refractivity contribution in [1.29, 1.82) is 0 Å². The van der Waals surface area contributed by atoms with Crippen LogP contribution in [-0.2, 0) is 0 Å². The summed E-state index contributed by atoms with van der Waals surface area (Å²) >= 11 is 0. The highest BCUT2D eigenvalue weighted by molar-refractivity contribution is 4.83. The van der Waals surface area contributed by atoms with Crippen molar-refractivity contribution in [3.63, 3.8) is 0 Å². The number of rotatable bonds is 2. The third-order valence-electron chi connectivity index (χ3n) is 4.02. The van der Waals surface area contributed by atoms with Crippen LogP contribution in [0.1, 0.15) is 47.0 Å². The van der Waals surface area contributed by atoms with E-state index in [0.29, 0.717) is 11.8 Å². The molecule has 0 amide bonds. The smallest absolute Gasteiger partial charge is 0.0568 e. The first kappa shape index (κ1) is 11.0. The lowest BCUT2D eigenvalue weighted by molar-refractivity contribution is 0.0116. The summed E-state index contributed by atoms with van der Waals surface area (Å²) in [5, 5.41) is 9.72. The molecule has 0 saturated heterocycles. The molecule has 0 aliphatic heterocycles. The molecule has 1 heteroatoms. The average molecular weight is 184 g/mol. The van der Waals surface area contributed by atoms with Gasteiger partial charge in [0.2, 0.25) is 0 Å². The molecule has 5 atom stereocenters. The molecule has 0 aromatic rings. The molecule has 1 aliphatic carbocycles. The summed E-state index contributed by atoms with van der Waals surface area (Å²) in [6.07, 6.45) is 3.46. The summed E-state index contributed by atoms with van der Waals surface area (Å²) < 4.78 is 0. The highest BCUT2D eigenvalue weighted by Crippen LogP contribution is 2.38. The Morgan fingerprint density at radius 1 is 1.23 bits per heavy atom. The largest absolute Gasteiger partial charge is 0.393 e. The molecule has 1 saturated carbocycles. The summed E-state index contributed by atoms with van der Waals surface area (Å²) in [5.74, 6) is 2.88. The highest BCUT2D eigenvalue weighted by atomic mass is 16.3. The Bertz CT molecular complexity index is 155. The van der Waals surface area contributed by atoms with Crippen LogP contribution in [0.4, 0.5) is 0 Å². The van der Waals surface area contributed by atoms with Crippen molar-refractivity contribution in [2.24, 2.45) is 23.7 Å². The van der Waals surface area contributed by atoms with Gasteiger partial charge in [0, 0.05) is 0 Å². The van der Waals surface area contributed by atoms with Crippen molar-refractivity contribution in [1.82, 2.24) is 0 Å². The van der Waals surface area contributed by atoms with E-state index in [1.54, 1.807) is 0 Å². The Balaban J connectivity index is 2.55. The molecule has 0 radical (unpaired) electrons. The van der Waals surface area contributed by atoms with Gasteiger partial charge in [0.05, 0.1) is 6.10 Å². The average Bonchev–Trinajstić information content (AvgIpc) is 2.10. The first-order valence-electron chi connectivity index (χ1n) is 5.74. The van der Waals surface area contributed by atoms with E-state index < -0.39 is 0 Å². The molecule has 0 spiro atoms. The molecule has 1 aliphatic rings. The predicted molar refractivity (Wildman–Crippen MR) is 56.5 cm³/mol. The van der Waals surface area contributed by atoms with Crippen LogP contribution in [0.3, 0.4) is 0 Å². The quantitative estimate of drug-likeness (QED) is 0.699. The Labute approximate surface area is 82.5 Å². The van der Waals surface area contributed by atoms with Crippen LogP contribution in [0.5, 0.6) is 0 Å². The van der Waals surface area contributed by atoms with Crippen LogP contribution in [0.2, 0.25) is 0 Å². The Hall–Kier alpha value is -0.0400. The van der Waals surface area contributed by atoms with Gasteiger partial charge in [-0.25, -0.2) is 0 Å². The highest BCUT2D eigenvalue weighted by Gasteiger charge is 2.33. The third-order valence-corrected chi connectivity index (χ3v) is 4.02. The summed E-state index contributed by atoms with van der Waals surface area (Å²) in [6.45, 7) is 9.11. The minimum absolute atomic E-state index is 0.0460. The molecule has 0 aromatic carbocycles. The minimum Gasteiger partial charge on any atom is -0.393 e. The van der Waals surface area contributed by atoms with E-state index >= 15 is 0 Å². The molecule has 1 rings (SSSR count). The first-order valence-corrected chi connectivity index (χ1v) is 5.74. The second-order valence-electron chi connectivity index (χ2n) is 5.04. The fourth-order valence-electron chi connectivity index (χ4n) is 2.70. The standard InChI is InChI=1S/C12H24O/c1-5-8(2)11-6-10(4)12(13)7-9(11)3/h8-13H,5-7H2,1-4H3. The maximum absolute atomic E-state index is 9.72. The van der Waals surface area contributed by atoms with E-state index in [9.17, 15) is 5.11 Å². The van der Waals surface area contributed by atoms with Gasteiger partial charge in [-0.2, -0.15) is 0 Å². The Morgan fingerprint density at radius 3 is 2.38 bits per heavy atom. The van der Waals surface area contributed by atoms with Gasteiger partial charge in [-0.1, -0.05) is 34.1 Å². The van der Waals surface area contributed by atoms with Crippen LogP contribution in [0.25, 0.3) is 0 Å². The van der Waals surface area contributed by atoms with Gasteiger partial charge in [-0.3, -0.25) is 0 Å². The molecule has 13 heavy (non-hydrogen) atoms. The van der Waals surface area contributed by atoms with Gasteiger partial charge in [0.15, 0.2) is 0 Å². The molecule has 5 unspecified atom stereocenters. The van der Waals surface area contributed by atoms with Crippen LogP contribution in [0.15, 0.2) is 0 Å². The van der Waals surface area contributed by atoms with Gasteiger partial charge in [-0.05, 0) is 36.5 Å². The van der Waals surface area contributed by atoms with Crippen molar-refractivity contribution in [2.75, 3.05) is 0 Å². The van der Waals surface area contributed by atoms with E-state index in [1.165, 1.54) is 12.8 Å². The summed E-state index contributed by atoms with van der Waals surface area (Å²) in [4.78, 5) is 0. The second-order valence-corrected chi connectivity index (χ2v) is 5.04. The zero-order valence-electron chi connectivity index (χ0n) is 9.46. The van der Waals surface area contributed by atoms with Crippen molar-refractivity contribution in [3.05, 3.63) is 0 Å². The second kappa shape index (κ2) is 4.45. The number of aliphatic hydroxyl groups is 1.